The molecule has 0 aliphatic carbocycles. The monoisotopic (exact) mass is 418 g/mol. The fraction of sp³-hybridized carbons (Fsp3) is 0.350. The lowest BCUT2D eigenvalue weighted by Crippen LogP contribution is -2.48. The van der Waals surface area contributed by atoms with Crippen LogP contribution in [0.2, 0.25) is 0 Å². The van der Waals surface area contributed by atoms with Crippen LogP contribution in [0.3, 0.4) is 0 Å². The Morgan fingerprint density at radius 3 is 2.52 bits per heavy atom. The van der Waals surface area contributed by atoms with Gasteiger partial charge < -0.3 is 15.4 Å². The van der Waals surface area contributed by atoms with Crippen molar-refractivity contribution in [3.8, 4) is 0 Å². The van der Waals surface area contributed by atoms with Gasteiger partial charge >= 0.3 is 5.97 Å². The van der Waals surface area contributed by atoms with E-state index in [1.807, 2.05) is 30.3 Å². The van der Waals surface area contributed by atoms with E-state index in [-0.39, 0.29) is 18.1 Å². The Balaban J connectivity index is 1.44. The minimum atomic E-state index is -3.16. The molecular weight excluding hydrogens is 396 g/mol. The van der Waals surface area contributed by atoms with E-state index in [0.717, 1.165) is 10.8 Å². The third kappa shape index (κ3) is 5.54. The molecule has 2 aromatic carbocycles. The van der Waals surface area contributed by atoms with E-state index < -0.39 is 39.8 Å². The Labute approximate surface area is 168 Å². The molecule has 8 nitrogen and oxygen atoms in total. The largest absolute Gasteiger partial charge is 0.454 e. The fourth-order valence-electron chi connectivity index (χ4n) is 3.26. The first-order valence-electron chi connectivity index (χ1n) is 9.10. The molecule has 0 spiro atoms. The van der Waals surface area contributed by atoms with Crippen molar-refractivity contribution in [2.75, 3.05) is 24.7 Å². The van der Waals surface area contributed by atoms with Gasteiger partial charge in [0.05, 0.1) is 17.0 Å². The summed E-state index contributed by atoms with van der Waals surface area (Å²) in [5.74, 6) is -1.90. The van der Waals surface area contributed by atoms with Gasteiger partial charge in [0.25, 0.3) is 11.8 Å². The number of carbonyl (C=O) groups is 3. The Hall–Kier alpha value is -2.94. The van der Waals surface area contributed by atoms with Crippen molar-refractivity contribution in [2.45, 2.75) is 18.9 Å². The molecule has 3 rings (SSSR count). The van der Waals surface area contributed by atoms with Gasteiger partial charge in [0.1, 0.15) is 6.54 Å². The molecular formula is C20H22N2O6S. The zero-order valence-electron chi connectivity index (χ0n) is 15.9. The van der Waals surface area contributed by atoms with Gasteiger partial charge in [-0.25, -0.2) is 8.42 Å². The smallest absolute Gasteiger partial charge is 0.325 e. The highest BCUT2D eigenvalue weighted by molar-refractivity contribution is 7.91. The molecule has 2 aromatic rings. The minimum absolute atomic E-state index is 0.0182. The van der Waals surface area contributed by atoms with Gasteiger partial charge in [-0.1, -0.05) is 30.3 Å². The molecule has 29 heavy (non-hydrogen) atoms. The van der Waals surface area contributed by atoms with E-state index in [9.17, 15) is 22.8 Å². The van der Waals surface area contributed by atoms with Crippen LogP contribution in [0.4, 0.5) is 0 Å². The highest BCUT2D eigenvalue weighted by Crippen LogP contribution is 2.22. The second-order valence-corrected chi connectivity index (χ2v) is 9.54. The topological polar surface area (TPSA) is 119 Å². The van der Waals surface area contributed by atoms with Crippen LogP contribution in [0, 0.1) is 0 Å². The van der Waals surface area contributed by atoms with E-state index in [2.05, 4.69) is 10.6 Å². The van der Waals surface area contributed by atoms with Crippen molar-refractivity contribution in [2.24, 2.45) is 0 Å². The molecule has 0 bridgehead atoms. The van der Waals surface area contributed by atoms with Crippen molar-refractivity contribution in [1.29, 1.82) is 0 Å². The average Bonchev–Trinajstić information content (AvgIpc) is 2.96. The normalized spacial score (nSPS) is 20.2. The molecule has 1 aliphatic rings. The van der Waals surface area contributed by atoms with E-state index >= 15 is 0 Å². The Morgan fingerprint density at radius 1 is 1.10 bits per heavy atom. The highest BCUT2D eigenvalue weighted by atomic mass is 32.2. The van der Waals surface area contributed by atoms with Gasteiger partial charge in [-0.15, -0.1) is 0 Å². The van der Waals surface area contributed by atoms with Gasteiger partial charge in [0.15, 0.2) is 16.4 Å². The van der Waals surface area contributed by atoms with Crippen LogP contribution in [0.5, 0.6) is 0 Å². The number of esters is 1. The molecule has 0 radical (unpaired) electrons. The number of benzene rings is 2. The number of sulfone groups is 1. The highest BCUT2D eigenvalue weighted by Gasteiger charge is 2.39. The maximum Gasteiger partial charge on any atom is 0.325 e. The summed E-state index contributed by atoms with van der Waals surface area (Å²) in [7, 11) is -3.16. The van der Waals surface area contributed by atoms with E-state index in [1.165, 1.54) is 0 Å². The summed E-state index contributed by atoms with van der Waals surface area (Å²) in [5, 5.41) is 6.95. The second kappa shape index (κ2) is 8.20. The van der Waals surface area contributed by atoms with Gasteiger partial charge in [0, 0.05) is 5.56 Å². The van der Waals surface area contributed by atoms with E-state index in [0.29, 0.717) is 12.0 Å². The van der Waals surface area contributed by atoms with Crippen molar-refractivity contribution >= 4 is 38.4 Å². The number of fused-ring (bicyclic) bond motifs is 1. The molecule has 1 heterocycles. The standard InChI is InChI=1S/C20H22N2O6S/c1-20(8-9-29(26,27)13-20)22-17(23)12-28-18(24)11-21-19(25)16-7-6-14-4-2-3-5-15(14)10-16/h2-7,10H,8-9,11-13H2,1H3,(H,21,25)(H,22,23)/t20-/m0/s1. The van der Waals surface area contributed by atoms with E-state index in [4.69, 9.17) is 4.74 Å². The Kier molecular flexibility index (Phi) is 5.88. The van der Waals surface area contributed by atoms with Gasteiger partial charge in [0.2, 0.25) is 0 Å². The molecule has 154 valence electrons. The fourth-order valence-corrected chi connectivity index (χ4v) is 5.36. The summed E-state index contributed by atoms with van der Waals surface area (Å²) in [6.45, 7) is 0.714. The Morgan fingerprint density at radius 2 is 1.83 bits per heavy atom. The molecule has 1 atom stereocenters. The minimum Gasteiger partial charge on any atom is -0.454 e. The summed E-state index contributed by atoms with van der Waals surface area (Å²) < 4.78 is 28.0. The van der Waals surface area contributed by atoms with Crippen LogP contribution >= 0.6 is 0 Å². The quantitative estimate of drug-likeness (QED) is 0.670. The van der Waals surface area contributed by atoms with Crippen LogP contribution in [-0.4, -0.2) is 56.4 Å². The van der Waals surface area contributed by atoms with Crippen molar-refractivity contribution < 1.29 is 27.5 Å². The number of carbonyl (C=O) groups excluding carboxylic acids is 3. The van der Waals surface area contributed by atoms with Crippen LogP contribution in [-0.2, 0) is 24.2 Å². The van der Waals surface area contributed by atoms with E-state index in [1.54, 1.807) is 19.1 Å². The van der Waals surface area contributed by atoms with Crippen LogP contribution in [0.1, 0.15) is 23.7 Å². The van der Waals surface area contributed by atoms with Gasteiger partial charge in [-0.05, 0) is 36.2 Å². The molecule has 1 saturated heterocycles. The molecule has 0 unspecified atom stereocenters. The number of hydrogen-bond acceptors (Lipinski definition) is 6. The number of nitrogens with one attached hydrogen (secondary N) is 2. The average molecular weight is 418 g/mol. The second-order valence-electron chi connectivity index (χ2n) is 7.36. The summed E-state index contributed by atoms with van der Waals surface area (Å²) in [6, 6.07) is 12.8. The lowest BCUT2D eigenvalue weighted by Gasteiger charge is -2.23. The molecule has 2 amide bonds. The third-order valence-corrected chi connectivity index (χ3v) is 6.62. The van der Waals surface area contributed by atoms with Crippen LogP contribution < -0.4 is 10.6 Å². The summed E-state index contributed by atoms with van der Waals surface area (Å²) in [5.41, 5.74) is -0.447. The lowest BCUT2D eigenvalue weighted by atomic mass is 10.0. The van der Waals surface area contributed by atoms with Crippen LogP contribution in [0.25, 0.3) is 10.8 Å². The van der Waals surface area contributed by atoms with Gasteiger partial charge in [-0.3, -0.25) is 14.4 Å². The number of rotatable bonds is 6. The summed E-state index contributed by atoms with van der Waals surface area (Å²) in [4.78, 5) is 35.9. The molecule has 9 heteroatoms. The molecule has 1 aliphatic heterocycles. The first-order chi connectivity index (χ1) is 13.7. The van der Waals surface area contributed by atoms with Crippen molar-refractivity contribution in [1.82, 2.24) is 10.6 Å². The zero-order chi connectivity index (χ0) is 21.1. The number of ether oxygens (including phenoxy) is 1. The lowest BCUT2D eigenvalue weighted by molar-refractivity contribution is -0.147. The number of hydrogen-bond donors (Lipinski definition) is 2. The maximum atomic E-state index is 12.2. The third-order valence-electron chi connectivity index (χ3n) is 4.71. The molecule has 0 aromatic heterocycles. The first kappa shape index (κ1) is 20.8. The van der Waals surface area contributed by atoms with Crippen LogP contribution in [0.15, 0.2) is 42.5 Å². The van der Waals surface area contributed by atoms with Gasteiger partial charge in [-0.2, -0.15) is 0 Å². The zero-order valence-corrected chi connectivity index (χ0v) is 16.8. The predicted molar refractivity (Wildman–Crippen MR) is 107 cm³/mol. The summed E-state index contributed by atoms with van der Waals surface area (Å²) in [6.07, 6.45) is 0.316. The van der Waals surface area contributed by atoms with Crippen molar-refractivity contribution in [3.05, 3.63) is 48.0 Å². The summed E-state index contributed by atoms with van der Waals surface area (Å²) >= 11 is 0. The maximum absolute atomic E-state index is 12.2. The molecule has 0 saturated carbocycles. The molecule has 1 fully saturated rings. The Bertz CT molecular complexity index is 1070. The van der Waals surface area contributed by atoms with Crippen molar-refractivity contribution in [3.63, 3.8) is 0 Å². The first-order valence-corrected chi connectivity index (χ1v) is 10.9. The molecule has 2 N–H and O–H groups in total. The number of amides is 2. The predicted octanol–water partition coefficient (Wildman–Crippen LogP) is 0.806. The SMILES string of the molecule is C[C@]1(NC(=O)COC(=O)CNC(=O)c2ccc3ccccc3c2)CCS(=O)(=O)C1.